The zero-order valence-electron chi connectivity index (χ0n) is 8.18. The molecule has 0 aliphatic carbocycles. The van der Waals surface area contributed by atoms with E-state index in [2.05, 4.69) is 37.8 Å². The molecule has 0 aromatic rings. The molecule has 0 amide bonds. The highest BCUT2D eigenvalue weighted by atomic mass is 15.5. The van der Waals surface area contributed by atoms with Crippen molar-refractivity contribution in [1.29, 1.82) is 0 Å². The van der Waals surface area contributed by atoms with Crippen molar-refractivity contribution in [2.24, 2.45) is 10.5 Å². The maximum atomic E-state index is 4.49. The Kier molecular flexibility index (Phi) is 1.95. The van der Waals surface area contributed by atoms with Crippen LogP contribution in [0.5, 0.6) is 0 Å². The van der Waals surface area contributed by atoms with Gasteiger partial charge < -0.3 is 0 Å². The van der Waals surface area contributed by atoms with Gasteiger partial charge in [0.15, 0.2) is 0 Å². The lowest BCUT2D eigenvalue weighted by atomic mass is 9.87. The van der Waals surface area contributed by atoms with Gasteiger partial charge >= 0.3 is 0 Å². The quantitative estimate of drug-likeness (QED) is 0.522. The molecule has 0 aromatic heterocycles. The van der Waals surface area contributed by atoms with Gasteiger partial charge in [0.05, 0.1) is 0 Å². The molecule has 1 atom stereocenters. The lowest BCUT2D eigenvalue weighted by Crippen LogP contribution is -2.20. The molecule has 0 fully saturated rings. The first-order valence-electron chi connectivity index (χ1n) is 4.22. The van der Waals surface area contributed by atoms with Crippen molar-refractivity contribution in [3.63, 3.8) is 0 Å². The van der Waals surface area contributed by atoms with E-state index in [1.165, 1.54) is 5.71 Å². The summed E-state index contributed by atoms with van der Waals surface area (Å²) in [5.74, 6) is 0. The summed E-state index contributed by atoms with van der Waals surface area (Å²) in [6.07, 6.45) is 1.12. The predicted octanol–water partition coefficient (Wildman–Crippen LogP) is 2.11. The Morgan fingerprint density at radius 2 is 2.00 bits per heavy atom. The van der Waals surface area contributed by atoms with Crippen LogP contribution in [0.15, 0.2) is 5.10 Å². The Morgan fingerprint density at radius 1 is 1.45 bits per heavy atom. The van der Waals surface area contributed by atoms with Gasteiger partial charge in [-0.3, -0.25) is 5.01 Å². The van der Waals surface area contributed by atoms with Gasteiger partial charge in [0, 0.05) is 30.6 Å². The molecule has 2 nitrogen and oxygen atoms in total. The van der Waals surface area contributed by atoms with Crippen molar-refractivity contribution in [2.45, 2.75) is 40.2 Å². The number of hydrogen-bond donors (Lipinski definition) is 0. The van der Waals surface area contributed by atoms with Gasteiger partial charge in [-0.15, -0.1) is 0 Å². The third kappa shape index (κ3) is 1.73. The van der Waals surface area contributed by atoms with Gasteiger partial charge in [-0.1, -0.05) is 20.8 Å². The first kappa shape index (κ1) is 8.57. The molecule has 0 unspecified atom stereocenters. The SMILES string of the molecule is C[C@H]1CC(C(C)(C)C)=NN1C. The lowest BCUT2D eigenvalue weighted by molar-refractivity contribution is 0.303. The zero-order valence-corrected chi connectivity index (χ0v) is 8.18. The van der Waals surface area contributed by atoms with Crippen LogP contribution in [0.25, 0.3) is 0 Å². The number of hydrogen-bond acceptors (Lipinski definition) is 2. The topological polar surface area (TPSA) is 15.6 Å². The average molecular weight is 154 g/mol. The smallest absolute Gasteiger partial charge is 0.0492 e. The average Bonchev–Trinajstić information content (AvgIpc) is 2.11. The van der Waals surface area contributed by atoms with Gasteiger partial charge in [0.2, 0.25) is 0 Å². The Hall–Kier alpha value is -0.530. The van der Waals surface area contributed by atoms with Crippen LogP contribution in [0.4, 0.5) is 0 Å². The lowest BCUT2D eigenvalue weighted by Gasteiger charge is -2.17. The summed E-state index contributed by atoms with van der Waals surface area (Å²) in [6.45, 7) is 8.87. The van der Waals surface area contributed by atoms with E-state index in [4.69, 9.17) is 0 Å². The summed E-state index contributed by atoms with van der Waals surface area (Å²) in [5, 5.41) is 6.55. The Morgan fingerprint density at radius 3 is 2.18 bits per heavy atom. The summed E-state index contributed by atoms with van der Waals surface area (Å²) in [4.78, 5) is 0. The maximum absolute atomic E-state index is 4.49. The molecule has 0 N–H and O–H groups in total. The second-order valence-electron chi connectivity index (χ2n) is 4.42. The van der Waals surface area contributed by atoms with Gasteiger partial charge in [-0.25, -0.2) is 0 Å². The first-order chi connectivity index (χ1) is 4.91. The largest absolute Gasteiger partial charge is 0.297 e. The van der Waals surface area contributed by atoms with E-state index in [9.17, 15) is 0 Å². The normalized spacial score (nSPS) is 25.7. The van der Waals surface area contributed by atoms with E-state index in [1.54, 1.807) is 0 Å². The third-order valence-electron chi connectivity index (χ3n) is 2.27. The molecule has 1 heterocycles. The molecule has 1 aliphatic heterocycles. The van der Waals surface area contributed by atoms with Crippen LogP contribution < -0.4 is 0 Å². The zero-order chi connectivity index (χ0) is 8.65. The van der Waals surface area contributed by atoms with E-state index < -0.39 is 0 Å². The van der Waals surface area contributed by atoms with Crippen molar-refractivity contribution in [2.75, 3.05) is 7.05 Å². The minimum Gasteiger partial charge on any atom is -0.297 e. The Bertz CT molecular complexity index is 176. The minimum atomic E-state index is 0.249. The fraction of sp³-hybridized carbons (Fsp3) is 0.889. The highest BCUT2D eigenvalue weighted by Gasteiger charge is 2.27. The monoisotopic (exact) mass is 154 g/mol. The van der Waals surface area contributed by atoms with Gasteiger partial charge in [-0.05, 0) is 6.92 Å². The summed E-state index contributed by atoms with van der Waals surface area (Å²) in [5.41, 5.74) is 1.58. The molecule has 0 saturated heterocycles. The summed E-state index contributed by atoms with van der Waals surface area (Å²) >= 11 is 0. The van der Waals surface area contributed by atoms with Crippen LogP contribution >= 0.6 is 0 Å². The molecule has 64 valence electrons. The molecule has 0 bridgehead atoms. The molecule has 2 heteroatoms. The summed E-state index contributed by atoms with van der Waals surface area (Å²) < 4.78 is 0. The van der Waals surface area contributed by atoms with Crippen LogP contribution in [0.1, 0.15) is 34.1 Å². The van der Waals surface area contributed by atoms with Crippen molar-refractivity contribution in [1.82, 2.24) is 5.01 Å². The van der Waals surface area contributed by atoms with Crippen LogP contribution in [-0.4, -0.2) is 23.8 Å². The van der Waals surface area contributed by atoms with Crippen molar-refractivity contribution < 1.29 is 0 Å². The van der Waals surface area contributed by atoms with Gasteiger partial charge in [-0.2, -0.15) is 5.10 Å². The molecule has 0 saturated carbocycles. The molecule has 0 radical (unpaired) electrons. The number of rotatable bonds is 0. The summed E-state index contributed by atoms with van der Waals surface area (Å²) in [6, 6.07) is 0.587. The molecule has 1 rings (SSSR count). The Balaban J connectivity index is 2.71. The van der Waals surface area contributed by atoms with Crippen molar-refractivity contribution in [3.05, 3.63) is 0 Å². The molecule has 11 heavy (non-hydrogen) atoms. The maximum Gasteiger partial charge on any atom is 0.0492 e. The molecule has 0 aromatic carbocycles. The number of nitrogens with zero attached hydrogens (tertiary/aromatic N) is 2. The summed E-state index contributed by atoms with van der Waals surface area (Å²) in [7, 11) is 2.05. The van der Waals surface area contributed by atoms with Crippen LogP contribution in [0.2, 0.25) is 0 Å². The van der Waals surface area contributed by atoms with Crippen molar-refractivity contribution in [3.8, 4) is 0 Å². The van der Waals surface area contributed by atoms with Crippen LogP contribution in [0, 0.1) is 5.41 Å². The van der Waals surface area contributed by atoms with Gasteiger partial charge in [0.25, 0.3) is 0 Å². The van der Waals surface area contributed by atoms with E-state index in [0.717, 1.165) is 6.42 Å². The molecular formula is C9H18N2. The first-order valence-corrected chi connectivity index (χ1v) is 4.22. The second kappa shape index (κ2) is 2.50. The van der Waals surface area contributed by atoms with E-state index in [0.29, 0.717) is 6.04 Å². The highest BCUT2D eigenvalue weighted by Crippen LogP contribution is 2.25. The third-order valence-corrected chi connectivity index (χ3v) is 2.27. The highest BCUT2D eigenvalue weighted by molar-refractivity contribution is 5.90. The molecular weight excluding hydrogens is 136 g/mol. The van der Waals surface area contributed by atoms with E-state index in [-0.39, 0.29) is 5.41 Å². The van der Waals surface area contributed by atoms with Gasteiger partial charge in [0.1, 0.15) is 0 Å². The van der Waals surface area contributed by atoms with Crippen LogP contribution in [-0.2, 0) is 0 Å². The predicted molar refractivity (Wildman–Crippen MR) is 48.7 cm³/mol. The Labute approximate surface area is 69.3 Å². The van der Waals surface area contributed by atoms with E-state index in [1.807, 2.05) is 7.05 Å². The molecule has 0 spiro atoms. The van der Waals surface area contributed by atoms with E-state index >= 15 is 0 Å². The minimum absolute atomic E-state index is 0.249. The second-order valence-corrected chi connectivity index (χ2v) is 4.42. The fourth-order valence-electron chi connectivity index (χ4n) is 1.20. The van der Waals surface area contributed by atoms with Crippen molar-refractivity contribution >= 4 is 5.71 Å². The standard InChI is InChI=1S/C9H18N2/c1-7-6-8(9(2,3)4)10-11(7)5/h7H,6H2,1-5H3/t7-/m0/s1. The van der Waals surface area contributed by atoms with Crippen LogP contribution in [0.3, 0.4) is 0 Å². The molecule has 1 aliphatic rings. The number of hydrazone groups is 1. The fourth-order valence-corrected chi connectivity index (χ4v) is 1.20.